The first-order chi connectivity index (χ1) is 21.5. The van der Waals surface area contributed by atoms with E-state index in [0.29, 0.717) is 35.4 Å². The Hall–Kier alpha value is -4.00. The predicted molar refractivity (Wildman–Crippen MR) is 181 cm³/mol. The normalized spacial score (nSPS) is 17.4. The van der Waals surface area contributed by atoms with Crippen LogP contribution in [0.3, 0.4) is 0 Å². The van der Waals surface area contributed by atoms with Crippen LogP contribution in [0.25, 0.3) is 5.69 Å². The van der Waals surface area contributed by atoms with Crippen LogP contribution >= 0.6 is 12.1 Å². The van der Waals surface area contributed by atoms with Gasteiger partial charge < -0.3 is 10.0 Å². The number of piperidine rings is 1. The Morgan fingerprint density at radius 1 is 1.04 bits per heavy atom. The minimum atomic E-state index is -3.53. The number of hydrogen-bond donors (Lipinski definition) is 3. The lowest BCUT2D eigenvalue weighted by molar-refractivity contribution is 0.262. The maximum absolute atomic E-state index is 13.3. The SMILES string of the molecule is Cc1ccc(-n2nc(C(C)(C)C)cc2NC(=O)Nc2ccc(CC3CCN(S(=O)(=O)C4=CC5=CNSN5C=C4)CC3)cc2)cc1. The van der Waals surface area contributed by atoms with Gasteiger partial charge in [0.25, 0.3) is 0 Å². The van der Waals surface area contributed by atoms with Crippen LogP contribution in [0.2, 0.25) is 0 Å². The van der Waals surface area contributed by atoms with Crippen molar-refractivity contribution < 1.29 is 13.2 Å². The van der Waals surface area contributed by atoms with Crippen LogP contribution in [-0.2, 0) is 21.9 Å². The van der Waals surface area contributed by atoms with Crippen LogP contribution in [0.4, 0.5) is 16.3 Å². The lowest BCUT2D eigenvalue weighted by Gasteiger charge is -2.32. The molecule has 0 spiro atoms. The second-order valence-corrected chi connectivity index (χ2v) is 15.5. The van der Waals surface area contributed by atoms with Gasteiger partial charge in [-0.25, -0.2) is 17.9 Å². The van der Waals surface area contributed by atoms with Crippen molar-refractivity contribution in [1.29, 1.82) is 0 Å². The number of urea groups is 1. The average Bonchev–Trinajstić information content (AvgIpc) is 3.66. The number of allylic oxidation sites excluding steroid dienone is 2. The standard InChI is InChI=1S/C33H39N7O3S2/c1-23-5-11-27(12-6-23)40-31(21-30(37-40)33(2,3)4)36-32(41)35-26-9-7-24(8-10-26)19-25-13-16-38(17-14-25)45(42,43)29-15-18-39-28(20-29)22-34-44-39/h5-12,15,18,20-22,25,34H,13-14,16-17,19H2,1-4H3,(H2,35,36,41). The number of aromatic nitrogens is 2. The fraction of sp³-hybridized carbons (Fsp3) is 0.333. The molecule has 4 heterocycles. The summed E-state index contributed by atoms with van der Waals surface area (Å²) in [6.07, 6.45) is 9.42. The zero-order valence-electron chi connectivity index (χ0n) is 25.9. The third-order valence-corrected chi connectivity index (χ3v) is 10.9. The molecule has 0 radical (unpaired) electrons. The summed E-state index contributed by atoms with van der Waals surface area (Å²) in [6.45, 7) is 9.32. The summed E-state index contributed by atoms with van der Waals surface area (Å²) in [4.78, 5) is 13.4. The van der Waals surface area contributed by atoms with Gasteiger partial charge in [0.1, 0.15) is 5.82 Å². The molecular formula is C33H39N7O3S2. The summed E-state index contributed by atoms with van der Waals surface area (Å²) in [7, 11) is -3.53. The molecular weight excluding hydrogens is 607 g/mol. The molecule has 0 saturated carbocycles. The highest BCUT2D eigenvalue weighted by Crippen LogP contribution is 2.32. The topological polar surface area (TPSA) is 112 Å². The van der Waals surface area contributed by atoms with E-state index in [9.17, 15) is 13.2 Å². The summed E-state index contributed by atoms with van der Waals surface area (Å²) in [6, 6.07) is 17.5. The maximum atomic E-state index is 13.3. The molecule has 3 aliphatic heterocycles. The first kappa shape index (κ1) is 31.0. The second-order valence-electron chi connectivity index (χ2n) is 12.7. The molecule has 0 bridgehead atoms. The van der Waals surface area contributed by atoms with Crippen molar-refractivity contribution in [3.8, 4) is 5.69 Å². The van der Waals surface area contributed by atoms with E-state index in [4.69, 9.17) is 5.10 Å². The first-order valence-electron chi connectivity index (χ1n) is 15.1. The number of hydrogen-bond acceptors (Lipinski definition) is 7. The van der Waals surface area contributed by atoms with Gasteiger partial charge in [0.05, 0.1) is 34.1 Å². The fourth-order valence-electron chi connectivity index (χ4n) is 5.54. The van der Waals surface area contributed by atoms with Crippen LogP contribution < -0.4 is 15.4 Å². The van der Waals surface area contributed by atoms with E-state index in [1.807, 2.05) is 65.8 Å². The van der Waals surface area contributed by atoms with Gasteiger partial charge in [-0.2, -0.15) is 9.40 Å². The van der Waals surface area contributed by atoms with Gasteiger partial charge in [0.15, 0.2) is 0 Å². The summed E-state index contributed by atoms with van der Waals surface area (Å²) in [5.41, 5.74) is 5.40. The van der Waals surface area contributed by atoms with Crippen molar-refractivity contribution in [3.05, 3.63) is 107 Å². The van der Waals surface area contributed by atoms with Crippen molar-refractivity contribution >= 4 is 39.7 Å². The van der Waals surface area contributed by atoms with Crippen LogP contribution in [0.5, 0.6) is 0 Å². The smallest absolute Gasteiger partial charge is 0.316 e. The Morgan fingerprint density at radius 2 is 1.76 bits per heavy atom. The molecule has 2 aromatic carbocycles. The van der Waals surface area contributed by atoms with Gasteiger partial charge in [-0.1, -0.05) is 50.6 Å². The number of amides is 2. The number of sulfonamides is 1. The summed E-state index contributed by atoms with van der Waals surface area (Å²) < 4.78 is 34.8. The third-order valence-electron chi connectivity index (χ3n) is 8.22. The number of aryl methyl sites for hydroxylation is 1. The van der Waals surface area contributed by atoms with Crippen LogP contribution in [-0.4, -0.2) is 45.9 Å². The van der Waals surface area contributed by atoms with E-state index in [1.54, 1.807) is 33.5 Å². The fourth-order valence-corrected chi connectivity index (χ4v) is 7.65. The third kappa shape index (κ3) is 6.98. The zero-order valence-corrected chi connectivity index (χ0v) is 27.6. The molecule has 45 heavy (non-hydrogen) atoms. The molecule has 236 valence electrons. The Bertz CT molecular complexity index is 1760. The molecule has 2 amide bonds. The summed E-state index contributed by atoms with van der Waals surface area (Å²) >= 11 is 1.40. The Morgan fingerprint density at radius 3 is 2.44 bits per heavy atom. The minimum Gasteiger partial charge on any atom is -0.316 e. The van der Waals surface area contributed by atoms with E-state index in [2.05, 4.69) is 36.1 Å². The molecule has 1 saturated heterocycles. The average molecular weight is 646 g/mol. The number of carbonyl (C=O) groups excluding carboxylic acids is 1. The Kier molecular flexibility index (Phi) is 8.55. The molecule has 1 fully saturated rings. The van der Waals surface area contributed by atoms with Crippen LogP contribution in [0.1, 0.15) is 50.4 Å². The second kappa shape index (κ2) is 12.4. The van der Waals surface area contributed by atoms with Crippen molar-refractivity contribution in [3.63, 3.8) is 0 Å². The highest BCUT2D eigenvalue weighted by molar-refractivity contribution is 7.95. The largest absolute Gasteiger partial charge is 0.324 e. The van der Waals surface area contributed by atoms with E-state index < -0.39 is 10.0 Å². The number of rotatable bonds is 7. The zero-order chi connectivity index (χ0) is 31.8. The van der Waals surface area contributed by atoms with E-state index in [0.717, 1.165) is 47.5 Å². The van der Waals surface area contributed by atoms with Crippen LogP contribution in [0.15, 0.2) is 89.8 Å². The highest BCUT2D eigenvalue weighted by Gasteiger charge is 2.32. The monoisotopic (exact) mass is 645 g/mol. The molecule has 3 aromatic rings. The molecule has 3 aliphatic rings. The van der Waals surface area contributed by atoms with E-state index in [-0.39, 0.29) is 11.4 Å². The predicted octanol–water partition coefficient (Wildman–Crippen LogP) is 6.43. The van der Waals surface area contributed by atoms with Crippen molar-refractivity contribution in [2.24, 2.45) is 5.92 Å². The first-order valence-corrected chi connectivity index (χ1v) is 17.3. The van der Waals surface area contributed by atoms with Crippen molar-refractivity contribution in [2.45, 2.75) is 52.4 Å². The van der Waals surface area contributed by atoms with Gasteiger partial charge in [-0.15, -0.1) is 0 Å². The summed E-state index contributed by atoms with van der Waals surface area (Å²) in [5, 5.41) is 10.7. The highest BCUT2D eigenvalue weighted by atomic mass is 32.2. The van der Waals surface area contributed by atoms with E-state index >= 15 is 0 Å². The van der Waals surface area contributed by atoms with Gasteiger partial charge in [0, 0.05) is 42.7 Å². The molecule has 0 aliphatic carbocycles. The minimum absolute atomic E-state index is 0.180. The Balaban J connectivity index is 1.03. The molecule has 3 N–H and O–H groups in total. The molecule has 6 rings (SSSR count). The number of nitrogens with zero attached hydrogens (tertiary/aromatic N) is 4. The summed E-state index contributed by atoms with van der Waals surface area (Å²) in [5.74, 6) is 0.984. The van der Waals surface area contributed by atoms with Gasteiger partial charge in [0.2, 0.25) is 10.0 Å². The van der Waals surface area contributed by atoms with Gasteiger partial charge >= 0.3 is 6.03 Å². The molecule has 0 atom stereocenters. The maximum Gasteiger partial charge on any atom is 0.324 e. The lowest BCUT2D eigenvalue weighted by atomic mass is 9.91. The number of fused-ring (bicyclic) bond motifs is 1. The Labute approximate surface area is 269 Å². The number of nitrogens with one attached hydrogen (secondary N) is 3. The molecule has 12 heteroatoms. The van der Waals surface area contributed by atoms with Crippen molar-refractivity contribution in [1.82, 2.24) is 23.1 Å². The van der Waals surface area contributed by atoms with Crippen molar-refractivity contribution in [2.75, 3.05) is 23.7 Å². The van der Waals surface area contributed by atoms with Crippen LogP contribution in [0, 0.1) is 12.8 Å². The number of benzene rings is 2. The lowest BCUT2D eigenvalue weighted by Crippen LogP contribution is -2.39. The quantitative estimate of drug-likeness (QED) is 0.254. The number of carbonyl (C=O) groups is 1. The molecule has 0 unspecified atom stereocenters. The molecule has 10 nitrogen and oxygen atoms in total. The van der Waals surface area contributed by atoms with E-state index in [1.165, 1.54) is 12.1 Å². The molecule has 1 aromatic heterocycles. The number of anilines is 2. The van der Waals surface area contributed by atoms with Gasteiger partial charge in [-0.05, 0) is 74.1 Å². The van der Waals surface area contributed by atoms with Gasteiger partial charge in [-0.3, -0.25) is 9.62 Å².